The van der Waals surface area contributed by atoms with Crippen molar-refractivity contribution in [2.45, 2.75) is 19.9 Å². The molecule has 0 aliphatic rings. The monoisotopic (exact) mass is 331 g/mol. The summed E-state index contributed by atoms with van der Waals surface area (Å²) in [6, 6.07) is 25.6. The lowest BCUT2D eigenvalue weighted by Gasteiger charge is -2.17. The van der Waals surface area contributed by atoms with Gasteiger partial charge >= 0.3 is 0 Å². The summed E-state index contributed by atoms with van der Waals surface area (Å²) in [5.74, 6) is 0. The van der Waals surface area contributed by atoms with Crippen LogP contribution in [0.3, 0.4) is 0 Å². The van der Waals surface area contributed by atoms with Gasteiger partial charge in [0.25, 0.3) is 0 Å². The van der Waals surface area contributed by atoms with Gasteiger partial charge in [0.05, 0.1) is 0 Å². The van der Waals surface area contributed by atoms with Crippen LogP contribution in [-0.2, 0) is 6.54 Å². The molecule has 3 aromatic rings. The molecular formula is C23H25NO. The Balaban J connectivity index is 2.02. The molecular weight excluding hydrogens is 306 g/mol. The molecule has 0 aliphatic heterocycles. The molecule has 2 N–H and O–H groups in total. The van der Waals surface area contributed by atoms with Crippen molar-refractivity contribution in [3.63, 3.8) is 0 Å². The molecule has 0 amide bonds. The largest absolute Gasteiger partial charge is 0.396 e. The van der Waals surface area contributed by atoms with Crippen LogP contribution in [0.2, 0.25) is 0 Å². The first kappa shape index (κ1) is 17.4. The maximum absolute atomic E-state index is 8.97. The molecule has 0 atom stereocenters. The van der Waals surface area contributed by atoms with Gasteiger partial charge in [-0.05, 0) is 59.3 Å². The third-order valence-corrected chi connectivity index (χ3v) is 4.48. The van der Waals surface area contributed by atoms with Crippen molar-refractivity contribution in [3.8, 4) is 22.3 Å². The van der Waals surface area contributed by atoms with Crippen molar-refractivity contribution in [2.75, 3.05) is 13.2 Å². The molecule has 0 saturated carbocycles. The molecule has 0 heterocycles. The molecule has 25 heavy (non-hydrogen) atoms. The molecule has 0 aliphatic carbocycles. The van der Waals surface area contributed by atoms with Crippen LogP contribution in [0.4, 0.5) is 0 Å². The van der Waals surface area contributed by atoms with Crippen LogP contribution in [0.1, 0.15) is 17.5 Å². The second kappa shape index (κ2) is 8.61. The zero-order chi connectivity index (χ0) is 17.5. The van der Waals surface area contributed by atoms with E-state index in [0.717, 1.165) is 19.5 Å². The minimum Gasteiger partial charge on any atom is -0.396 e. The third-order valence-electron chi connectivity index (χ3n) is 4.48. The van der Waals surface area contributed by atoms with Gasteiger partial charge in [-0.15, -0.1) is 0 Å². The van der Waals surface area contributed by atoms with Crippen LogP contribution < -0.4 is 5.32 Å². The van der Waals surface area contributed by atoms with E-state index in [0.29, 0.717) is 0 Å². The fourth-order valence-electron chi connectivity index (χ4n) is 3.14. The van der Waals surface area contributed by atoms with E-state index in [2.05, 4.69) is 79.0 Å². The highest BCUT2D eigenvalue weighted by molar-refractivity contribution is 5.77. The predicted octanol–water partition coefficient (Wildman–Crippen LogP) is 4.80. The molecule has 0 unspecified atom stereocenters. The zero-order valence-corrected chi connectivity index (χ0v) is 14.7. The van der Waals surface area contributed by atoms with Gasteiger partial charge in [0.1, 0.15) is 0 Å². The second-order valence-corrected chi connectivity index (χ2v) is 6.31. The average molecular weight is 331 g/mol. The lowest BCUT2D eigenvalue weighted by Crippen LogP contribution is -2.17. The Morgan fingerprint density at radius 3 is 2.08 bits per heavy atom. The van der Waals surface area contributed by atoms with Crippen LogP contribution in [0.25, 0.3) is 22.3 Å². The van der Waals surface area contributed by atoms with E-state index in [4.69, 9.17) is 5.11 Å². The van der Waals surface area contributed by atoms with E-state index in [1.54, 1.807) is 0 Å². The van der Waals surface area contributed by atoms with Crippen LogP contribution in [-0.4, -0.2) is 18.3 Å². The third kappa shape index (κ3) is 4.36. The summed E-state index contributed by atoms with van der Waals surface area (Å²) in [5, 5.41) is 12.4. The van der Waals surface area contributed by atoms with E-state index in [1.807, 2.05) is 6.07 Å². The molecule has 3 aromatic carbocycles. The number of aliphatic hydroxyl groups is 1. The maximum atomic E-state index is 8.97. The first-order valence-electron chi connectivity index (χ1n) is 8.85. The Morgan fingerprint density at radius 1 is 0.800 bits per heavy atom. The molecule has 0 radical (unpaired) electrons. The van der Waals surface area contributed by atoms with Gasteiger partial charge in [0.15, 0.2) is 0 Å². The fraction of sp³-hybridized carbons (Fsp3) is 0.217. The number of aliphatic hydroxyl groups excluding tert-OH is 1. The Morgan fingerprint density at radius 2 is 1.44 bits per heavy atom. The van der Waals surface area contributed by atoms with Crippen LogP contribution in [0, 0.1) is 6.92 Å². The lowest BCUT2D eigenvalue weighted by molar-refractivity contribution is 0.286. The Kier molecular flexibility index (Phi) is 5.99. The summed E-state index contributed by atoms with van der Waals surface area (Å²) in [4.78, 5) is 0. The second-order valence-electron chi connectivity index (χ2n) is 6.31. The highest BCUT2D eigenvalue weighted by atomic mass is 16.3. The SMILES string of the molecule is Cc1cc(-c2ccccc2)cc(-c2ccccc2)c1CNCCCO. The van der Waals surface area contributed by atoms with E-state index in [-0.39, 0.29) is 6.61 Å². The van der Waals surface area contributed by atoms with Crippen molar-refractivity contribution >= 4 is 0 Å². The highest BCUT2D eigenvalue weighted by Crippen LogP contribution is 2.32. The van der Waals surface area contributed by atoms with Gasteiger partial charge in [-0.25, -0.2) is 0 Å². The Bertz CT molecular complexity index is 797. The van der Waals surface area contributed by atoms with Gasteiger partial charge in [-0.3, -0.25) is 0 Å². The molecule has 2 nitrogen and oxygen atoms in total. The van der Waals surface area contributed by atoms with Crippen molar-refractivity contribution in [3.05, 3.63) is 83.9 Å². The number of aryl methyl sites for hydroxylation is 1. The summed E-state index contributed by atoms with van der Waals surface area (Å²) in [5.41, 5.74) is 7.61. The number of rotatable bonds is 7. The van der Waals surface area contributed by atoms with Gasteiger partial charge in [-0.2, -0.15) is 0 Å². The maximum Gasteiger partial charge on any atom is 0.0443 e. The predicted molar refractivity (Wildman–Crippen MR) is 105 cm³/mol. The summed E-state index contributed by atoms with van der Waals surface area (Å²) in [6.07, 6.45) is 0.780. The lowest BCUT2D eigenvalue weighted by atomic mass is 9.91. The van der Waals surface area contributed by atoms with E-state index in [1.165, 1.54) is 33.4 Å². The smallest absolute Gasteiger partial charge is 0.0443 e. The number of hydrogen-bond donors (Lipinski definition) is 2. The van der Waals surface area contributed by atoms with Crippen LogP contribution in [0.5, 0.6) is 0 Å². The number of nitrogens with one attached hydrogen (secondary N) is 1. The van der Waals surface area contributed by atoms with E-state index < -0.39 is 0 Å². The van der Waals surface area contributed by atoms with Crippen molar-refractivity contribution in [1.82, 2.24) is 5.32 Å². The molecule has 0 aromatic heterocycles. The molecule has 0 fully saturated rings. The average Bonchev–Trinajstić information content (AvgIpc) is 2.67. The standard InChI is InChI=1S/C23H25NO/c1-18-15-21(19-9-4-2-5-10-19)16-22(20-11-6-3-7-12-20)23(18)17-24-13-8-14-25/h2-7,9-12,15-16,24-25H,8,13-14,17H2,1H3. The fourth-order valence-corrected chi connectivity index (χ4v) is 3.14. The van der Waals surface area contributed by atoms with Crippen LogP contribution in [0.15, 0.2) is 72.8 Å². The van der Waals surface area contributed by atoms with E-state index >= 15 is 0 Å². The van der Waals surface area contributed by atoms with Crippen molar-refractivity contribution in [2.24, 2.45) is 0 Å². The molecule has 3 rings (SSSR count). The van der Waals surface area contributed by atoms with Gasteiger partial charge < -0.3 is 10.4 Å². The molecule has 128 valence electrons. The molecule has 0 spiro atoms. The first-order chi connectivity index (χ1) is 12.3. The quantitative estimate of drug-likeness (QED) is 0.610. The number of hydrogen-bond acceptors (Lipinski definition) is 2. The van der Waals surface area contributed by atoms with Gasteiger partial charge in [-0.1, -0.05) is 66.7 Å². The van der Waals surface area contributed by atoms with Gasteiger partial charge in [0, 0.05) is 13.2 Å². The Labute approximate surface area is 150 Å². The zero-order valence-electron chi connectivity index (χ0n) is 14.7. The molecule has 2 heteroatoms. The van der Waals surface area contributed by atoms with E-state index in [9.17, 15) is 0 Å². The number of benzene rings is 3. The summed E-state index contributed by atoms with van der Waals surface area (Å²) < 4.78 is 0. The Hall–Kier alpha value is -2.42. The van der Waals surface area contributed by atoms with Crippen LogP contribution >= 0.6 is 0 Å². The minimum atomic E-state index is 0.227. The topological polar surface area (TPSA) is 32.3 Å². The highest BCUT2D eigenvalue weighted by Gasteiger charge is 2.11. The normalized spacial score (nSPS) is 10.8. The summed E-state index contributed by atoms with van der Waals surface area (Å²) in [6.45, 7) is 4.04. The van der Waals surface area contributed by atoms with Crippen molar-refractivity contribution < 1.29 is 5.11 Å². The summed E-state index contributed by atoms with van der Waals surface area (Å²) >= 11 is 0. The molecule has 0 bridgehead atoms. The summed E-state index contributed by atoms with van der Waals surface area (Å²) in [7, 11) is 0. The first-order valence-corrected chi connectivity index (χ1v) is 8.85. The van der Waals surface area contributed by atoms with Gasteiger partial charge in [0.2, 0.25) is 0 Å². The molecule has 0 saturated heterocycles. The minimum absolute atomic E-state index is 0.227. The van der Waals surface area contributed by atoms with Crippen molar-refractivity contribution in [1.29, 1.82) is 0 Å².